The number of esters is 1. The molecule has 5 heteroatoms. The zero-order valence-corrected chi connectivity index (χ0v) is 12.4. The van der Waals surface area contributed by atoms with Crippen LogP contribution >= 0.6 is 11.3 Å². The van der Waals surface area contributed by atoms with Crippen LogP contribution in [0.2, 0.25) is 0 Å². The second-order valence-corrected chi connectivity index (χ2v) is 5.37. The number of rotatable bonds is 5. The normalized spacial score (nSPS) is 10.5. The summed E-state index contributed by atoms with van der Waals surface area (Å²) in [5.74, 6) is -0.471. The molecule has 0 saturated carbocycles. The maximum atomic E-state index is 12.1. The second-order valence-electron chi connectivity index (χ2n) is 4.32. The molecule has 0 saturated heterocycles. The molecule has 0 aliphatic heterocycles. The van der Waals surface area contributed by atoms with E-state index in [2.05, 4.69) is 5.32 Å². The molecule has 1 aromatic carbocycles. The van der Waals surface area contributed by atoms with E-state index in [-0.39, 0.29) is 5.91 Å². The molecule has 1 aromatic heterocycles. The van der Waals surface area contributed by atoms with Crippen molar-refractivity contribution >= 4 is 38.3 Å². The van der Waals surface area contributed by atoms with E-state index < -0.39 is 5.97 Å². The van der Waals surface area contributed by atoms with Crippen LogP contribution < -0.4 is 5.32 Å². The predicted octanol–water partition coefficient (Wildman–Crippen LogP) is 3.82. The molecule has 0 spiro atoms. The summed E-state index contributed by atoms with van der Waals surface area (Å²) in [6.45, 7) is 4.02. The first-order chi connectivity index (χ1) is 9.67. The van der Waals surface area contributed by atoms with Gasteiger partial charge < -0.3 is 10.1 Å². The van der Waals surface area contributed by atoms with Gasteiger partial charge in [-0.05, 0) is 19.4 Å². The minimum atomic E-state index is -0.392. The maximum absolute atomic E-state index is 12.1. The van der Waals surface area contributed by atoms with Crippen LogP contribution in [0.15, 0.2) is 24.3 Å². The molecule has 2 aromatic rings. The molecule has 0 bridgehead atoms. The minimum absolute atomic E-state index is 0.0791. The molecule has 1 heterocycles. The first-order valence-corrected chi connectivity index (χ1v) is 7.47. The first-order valence-electron chi connectivity index (χ1n) is 6.65. The Balaban J connectivity index is 2.44. The smallest absolute Gasteiger partial charge is 0.341 e. The van der Waals surface area contributed by atoms with E-state index in [1.165, 1.54) is 11.3 Å². The molecule has 0 aliphatic carbocycles. The molecule has 1 N–H and O–H groups in total. The van der Waals surface area contributed by atoms with Crippen LogP contribution in [0.4, 0.5) is 5.00 Å². The number of hydrogen-bond acceptors (Lipinski definition) is 4. The third-order valence-corrected chi connectivity index (χ3v) is 3.89. The number of fused-ring (bicyclic) bond motifs is 1. The summed E-state index contributed by atoms with van der Waals surface area (Å²) < 4.78 is 6.05. The van der Waals surface area contributed by atoms with Crippen LogP contribution in [-0.4, -0.2) is 18.5 Å². The van der Waals surface area contributed by atoms with E-state index in [0.29, 0.717) is 23.6 Å². The lowest BCUT2D eigenvalue weighted by Gasteiger charge is -2.05. The summed E-state index contributed by atoms with van der Waals surface area (Å²) in [6, 6.07) is 7.58. The zero-order chi connectivity index (χ0) is 14.5. The predicted molar refractivity (Wildman–Crippen MR) is 81.3 cm³/mol. The Morgan fingerprint density at radius 3 is 2.70 bits per heavy atom. The van der Waals surface area contributed by atoms with Gasteiger partial charge in [0.2, 0.25) is 5.91 Å². The van der Waals surface area contributed by atoms with Crippen LogP contribution in [0.25, 0.3) is 10.1 Å². The van der Waals surface area contributed by atoms with Crippen LogP contribution in [0, 0.1) is 0 Å². The van der Waals surface area contributed by atoms with Gasteiger partial charge in [0.05, 0.1) is 6.61 Å². The van der Waals surface area contributed by atoms with Crippen molar-refractivity contribution in [2.45, 2.75) is 26.7 Å². The zero-order valence-electron chi connectivity index (χ0n) is 11.6. The molecular formula is C15H17NO3S. The molecule has 2 rings (SSSR count). The molecule has 0 radical (unpaired) electrons. The molecule has 4 nitrogen and oxygen atoms in total. The summed E-state index contributed by atoms with van der Waals surface area (Å²) in [5.41, 5.74) is 0.455. The summed E-state index contributed by atoms with van der Waals surface area (Å²) in [6.07, 6.45) is 1.21. The lowest BCUT2D eigenvalue weighted by atomic mass is 10.1. The number of nitrogens with one attached hydrogen (secondary N) is 1. The Morgan fingerprint density at radius 2 is 2.00 bits per heavy atom. The van der Waals surface area contributed by atoms with Gasteiger partial charge in [-0.3, -0.25) is 4.79 Å². The van der Waals surface area contributed by atoms with Crippen molar-refractivity contribution in [3.63, 3.8) is 0 Å². The van der Waals surface area contributed by atoms with Gasteiger partial charge >= 0.3 is 5.97 Å². The first kappa shape index (κ1) is 14.5. The van der Waals surface area contributed by atoms with Crippen molar-refractivity contribution in [3.8, 4) is 0 Å². The van der Waals surface area contributed by atoms with Crippen molar-refractivity contribution in [1.82, 2.24) is 0 Å². The Hall–Kier alpha value is -1.88. The van der Waals surface area contributed by atoms with Gasteiger partial charge in [-0.15, -0.1) is 11.3 Å². The standard InChI is InChI=1S/C15H17NO3S/c1-3-7-12(17)16-14-13(15(18)19-4-2)10-8-5-6-9-11(10)20-14/h5-6,8-9H,3-4,7H2,1-2H3,(H,16,17). The number of anilines is 1. The summed E-state index contributed by atoms with van der Waals surface area (Å²) in [5, 5.41) is 4.21. The molecule has 0 fully saturated rings. The fourth-order valence-electron chi connectivity index (χ4n) is 1.96. The number of benzene rings is 1. The van der Waals surface area contributed by atoms with Gasteiger partial charge in [0, 0.05) is 16.5 Å². The van der Waals surface area contributed by atoms with Crippen molar-refractivity contribution in [1.29, 1.82) is 0 Å². The van der Waals surface area contributed by atoms with Crippen LogP contribution in [0.3, 0.4) is 0 Å². The lowest BCUT2D eigenvalue weighted by molar-refractivity contribution is -0.116. The van der Waals surface area contributed by atoms with E-state index in [0.717, 1.165) is 16.5 Å². The van der Waals surface area contributed by atoms with Gasteiger partial charge in [-0.2, -0.15) is 0 Å². The minimum Gasteiger partial charge on any atom is -0.462 e. The monoisotopic (exact) mass is 291 g/mol. The number of hydrogen-bond donors (Lipinski definition) is 1. The number of carbonyl (C=O) groups is 2. The van der Waals surface area contributed by atoms with Crippen molar-refractivity contribution in [2.75, 3.05) is 11.9 Å². The fraction of sp³-hybridized carbons (Fsp3) is 0.333. The van der Waals surface area contributed by atoms with Gasteiger partial charge in [0.25, 0.3) is 0 Å². The SMILES string of the molecule is CCCC(=O)Nc1sc2ccccc2c1C(=O)OCC. The largest absolute Gasteiger partial charge is 0.462 e. The molecule has 1 amide bonds. The van der Waals surface area contributed by atoms with E-state index >= 15 is 0 Å². The van der Waals surface area contributed by atoms with Gasteiger partial charge in [-0.1, -0.05) is 25.1 Å². The average molecular weight is 291 g/mol. The Bertz CT molecular complexity index is 633. The number of ether oxygens (including phenoxy) is 1. The highest BCUT2D eigenvalue weighted by Crippen LogP contribution is 2.36. The van der Waals surface area contributed by atoms with Gasteiger partial charge in [0.1, 0.15) is 10.6 Å². The van der Waals surface area contributed by atoms with E-state index in [4.69, 9.17) is 4.74 Å². The highest BCUT2D eigenvalue weighted by Gasteiger charge is 2.21. The van der Waals surface area contributed by atoms with Gasteiger partial charge in [-0.25, -0.2) is 4.79 Å². The summed E-state index contributed by atoms with van der Waals surface area (Å²) >= 11 is 1.40. The Labute approximate surface area is 121 Å². The van der Waals surface area contributed by atoms with Crippen LogP contribution in [0.5, 0.6) is 0 Å². The molecule has 0 aliphatic rings. The Kier molecular flexibility index (Phi) is 4.74. The Morgan fingerprint density at radius 1 is 1.25 bits per heavy atom. The van der Waals surface area contributed by atoms with Crippen molar-refractivity contribution in [3.05, 3.63) is 29.8 Å². The summed E-state index contributed by atoms with van der Waals surface area (Å²) in [7, 11) is 0. The van der Waals surface area contributed by atoms with Crippen LogP contribution in [0.1, 0.15) is 37.0 Å². The number of carbonyl (C=O) groups excluding carboxylic acids is 2. The third-order valence-electron chi connectivity index (χ3n) is 2.81. The molecular weight excluding hydrogens is 274 g/mol. The van der Waals surface area contributed by atoms with Gasteiger partial charge in [0.15, 0.2) is 0 Å². The molecule has 20 heavy (non-hydrogen) atoms. The van der Waals surface area contributed by atoms with Crippen molar-refractivity contribution in [2.24, 2.45) is 0 Å². The maximum Gasteiger partial charge on any atom is 0.341 e. The van der Waals surface area contributed by atoms with Crippen LogP contribution in [-0.2, 0) is 9.53 Å². The lowest BCUT2D eigenvalue weighted by Crippen LogP contribution is -2.13. The fourth-order valence-corrected chi connectivity index (χ4v) is 3.06. The third kappa shape index (κ3) is 2.99. The highest BCUT2D eigenvalue weighted by molar-refractivity contribution is 7.23. The quantitative estimate of drug-likeness (QED) is 0.852. The summed E-state index contributed by atoms with van der Waals surface area (Å²) in [4.78, 5) is 23.9. The molecule has 0 unspecified atom stereocenters. The number of thiophene rings is 1. The molecule has 0 atom stereocenters. The van der Waals surface area contributed by atoms with E-state index in [9.17, 15) is 9.59 Å². The van der Waals surface area contributed by atoms with E-state index in [1.54, 1.807) is 6.92 Å². The van der Waals surface area contributed by atoms with E-state index in [1.807, 2.05) is 31.2 Å². The average Bonchev–Trinajstić information content (AvgIpc) is 2.76. The van der Waals surface area contributed by atoms with Crippen molar-refractivity contribution < 1.29 is 14.3 Å². The molecule has 106 valence electrons. The highest BCUT2D eigenvalue weighted by atomic mass is 32.1. The topological polar surface area (TPSA) is 55.4 Å². The second kappa shape index (κ2) is 6.52. The number of amides is 1.